The molecule has 1 heterocycles. The molecular formula is C14H20BrF2NO. The molecule has 0 aliphatic rings. The molecule has 0 saturated carbocycles. The number of hydrogen-bond donors (Lipinski definition) is 0. The quantitative estimate of drug-likeness (QED) is 0.723. The van der Waals surface area contributed by atoms with Crippen LogP contribution in [0.15, 0.2) is 16.7 Å². The van der Waals surface area contributed by atoms with Crippen LogP contribution in [0, 0.1) is 0 Å². The summed E-state index contributed by atoms with van der Waals surface area (Å²) in [5.41, 5.74) is 1.07. The number of hydrogen-bond acceptors (Lipinski definition) is 2. The minimum atomic E-state index is -1.17. The van der Waals surface area contributed by atoms with Gasteiger partial charge in [-0.1, -0.05) is 6.92 Å². The average molecular weight is 336 g/mol. The maximum atomic E-state index is 13.5. The van der Waals surface area contributed by atoms with Crippen LogP contribution >= 0.6 is 15.9 Å². The minimum absolute atomic E-state index is 0.281. The molecule has 108 valence electrons. The lowest BCUT2D eigenvalue weighted by Gasteiger charge is -2.20. The van der Waals surface area contributed by atoms with Crippen molar-refractivity contribution in [2.45, 2.75) is 58.5 Å². The van der Waals surface area contributed by atoms with E-state index in [1.807, 2.05) is 13.0 Å². The van der Waals surface area contributed by atoms with Crippen molar-refractivity contribution in [3.8, 4) is 5.88 Å². The summed E-state index contributed by atoms with van der Waals surface area (Å²) in [7, 11) is 0. The van der Waals surface area contributed by atoms with E-state index in [9.17, 15) is 8.78 Å². The van der Waals surface area contributed by atoms with Gasteiger partial charge in [0.25, 0.3) is 0 Å². The van der Waals surface area contributed by atoms with Gasteiger partial charge in [-0.25, -0.2) is 13.8 Å². The van der Waals surface area contributed by atoms with E-state index < -0.39 is 18.4 Å². The van der Waals surface area contributed by atoms with Crippen molar-refractivity contribution in [2.24, 2.45) is 0 Å². The van der Waals surface area contributed by atoms with Gasteiger partial charge in [0, 0.05) is 6.20 Å². The Bertz CT molecular complexity index is 399. The summed E-state index contributed by atoms with van der Waals surface area (Å²) in [5, 5.41) is 0. The molecule has 5 heteroatoms. The second-order valence-electron chi connectivity index (χ2n) is 4.68. The molecule has 0 N–H and O–H groups in total. The van der Waals surface area contributed by atoms with E-state index in [2.05, 4.69) is 20.9 Å². The van der Waals surface area contributed by atoms with Crippen molar-refractivity contribution < 1.29 is 13.5 Å². The van der Waals surface area contributed by atoms with E-state index in [1.165, 1.54) is 13.8 Å². The predicted molar refractivity (Wildman–Crippen MR) is 76.1 cm³/mol. The molecule has 1 aromatic heterocycles. The van der Waals surface area contributed by atoms with Crippen molar-refractivity contribution in [2.75, 3.05) is 0 Å². The van der Waals surface area contributed by atoms with Gasteiger partial charge in [0.15, 0.2) is 0 Å². The fraction of sp³-hybridized carbons (Fsp3) is 0.643. The molecule has 0 aliphatic carbocycles. The Morgan fingerprint density at radius 2 is 2.00 bits per heavy atom. The molecular weight excluding hydrogens is 316 g/mol. The standard InChI is InChI=1S/C14H20BrF2NO/c1-4-11-7-12(15)14(18-8-11)19-13(10(3)17)6-5-9(2)16/h7-10,13H,4-6H2,1-3H3. The molecule has 3 atom stereocenters. The van der Waals surface area contributed by atoms with Crippen LogP contribution < -0.4 is 4.74 Å². The number of rotatable bonds is 7. The van der Waals surface area contributed by atoms with Gasteiger partial charge < -0.3 is 4.74 Å². The van der Waals surface area contributed by atoms with Crippen molar-refractivity contribution in [1.82, 2.24) is 4.98 Å². The van der Waals surface area contributed by atoms with Crippen LogP contribution in [0.2, 0.25) is 0 Å². The predicted octanol–water partition coefficient (Wildman–Crippen LogP) is 4.65. The maximum Gasteiger partial charge on any atom is 0.228 e. The number of pyridine rings is 1. The van der Waals surface area contributed by atoms with Gasteiger partial charge in [0.1, 0.15) is 12.3 Å². The number of halogens is 3. The second kappa shape index (κ2) is 7.78. The van der Waals surface area contributed by atoms with Crippen LogP contribution in [0.5, 0.6) is 5.88 Å². The van der Waals surface area contributed by atoms with Gasteiger partial charge in [-0.05, 0) is 60.7 Å². The Labute approximate surface area is 121 Å². The first-order valence-corrected chi connectivity index (χ1v) is 7.32. The molecule has 0 radical (unpaired) electrons. The first-order valence-electron chi connectivity index (χ1n) is 6.53. The average Bonchev–Trinajstić information content (AvgIpc) is 2.35. The van der Waals surface area contributed by atoms with Gasteiger partial charge in [0.05, 0.1) is 10.6 Å². The van der Waals surface area contributed by atoms with Crippen molar-refractivity contribution in [3.63, 3.8) is 0 Å². The van der Waals surface area contributed by atoms with E-state index in [4.69, 9.17) is 4.74 Å². The van der Waals surface area contributed by atoms with E-state index in [0.29, 0.717) is 16.8 Å². The third-order valence-electron chi connectivity index (χ3n) is 2.90. The lowest BCUT2D eigenvalue weighted by molar-refractivity contribution is 0.0889. The minimum Gasteiger partial charge on any atom is -0.470 e. The number of aryl methyl sites for hydroxylation is 1. The highest BCUT2D eigenvalue weighted by molar-refractivity contribution is 9.10. The number of aromatic nitrogens is 1. The van der Waals surface area contributed by atoms with Crippen LogP contribution in [-0.4, -0.2) is 23.4 Å². The first kappa shape index (κ1) is 16.3. The van der Waals surface area contributed by atoms with Crippen LogP contribution in [-0.2, 0) is 6.42 Å². The summed E-state index contributed by atoms with van der Waals surface area (Å²) in [5.74, 6) is 0.359. The molecule has 1 rings (SSSR count). The number of nitrogens with zero attached hydrogens (tertiary/aromatic N) is 1. The Morgan fingerprint density at radius 3 is 2.47 bits per heavy atom. The summed E-state index contributed by atoms with van der Waals surface area (Å²) in [6.07, 6.45) is 0.394. The molecule has 0 saturated heterocycles. The second-order valence-corrected chi connectivity index (χ2v) is 5.53. The third kappa shape index (κ3) is 5.43. The smallest absolute Gasteiger partial charge is 0.228 e. The first-order chi connectivity index (χ1) is 8.93. The summed E-state index contributed by atoms with van der Waals surface area (Å²) in [4.78, 5) is 4.17. The Morgan fingerprint density at radius 1 is 1.32 bits per heavy atom. The van der Waals surface area contributed by atoms with Gasteiger partial charge in [-0.2, -0.15) is 0 Å². The van der Waals surface area contributed by atoms with Crippen molar-refractivity contribution in [1.29, 1.82) is 0 Å². The molecule has 0 spiro atoms. The number of alkyl halides is 2. The Balaban J connectivity index is 2.73. The highest BCUT2D eigenvalue weighted by atomic mass is 79.9. The third-order valence-corrected chi connectivity index (χ3v) is 3.46. The monoisotopic (exact) mass is 335 g/mol. The maximum absolute atomic E-state index is 13.5. The zero-order chi connectivity index (χ0) is 14.4. The molecule has 0 amide bonds. The van der Waals surface area contributed by atoms with E-state index in [1.54, 1.807) is 6.20 Å². The van der Waals surface area contributed by atoms with E-state index in [-0.39, 0.29) is 6.42 Å². The Hall–Kier alpha value is -0.710. The van der Waals surface area contributed by atoms with Gasteiger partial charge in [-0.15, -0.1) is 0 Å². The zero-order valence-corrected chi connectivity index (χ0v) is 13.1. The fourth-order valence-corrected chi connectivity index (χ4v) is 2.15. The molecule has 0 aliphatic heterocycles. The topological polar surface area (TPSA) is 22.1 Å². The molecule has 0 bridgehead atoms. The molecule has 19 heavy (non-hydrogen) atoms. The highest BCUT2D eigenvalue weighted by Gasteiger charge is 2.21. The zero-order valence-electron chi connectivity index (χ0n) is 11.5. The SMILES string of the molecule is CCc1cnc(OC(CCC(C)F)C(C)F)c(Br)c1. The van der Waals surface area contributed by atoms with Gasteiger partial charge >= 0.3 is 0 Å². The van der Waals surface area contributed by atoms with Crippen LogP contribution in [0.25, 0.3) is 0 Å². The fourth-order valence-electron chi connectivity index (χ4n) is 1.66. The summed E-state index contributed by atoms with van der Waals surface area (Å²) in [6, 6.07) is 1.90. The largest absolute Gasteiger partial charge is 0.470 e. The summed E-state index contributed by atoms with van der Waals surface area (Å²) in [6.45, 7) is 4.91. The van der Waals surface area contributed by atoms with Gasteiger partial charge in [-0.3, -0.25) is 0 Å². The Kier molecular flexibility index (Phi) is 6.69. The summed E-state index contributed by atoms with van der Waals surface area (Å²) < 4.78 is 32.6. The number of ether oxygens (including phenoxy) is 1. The normalized spacial score (nSPS) is 15.9. The van der Waals surface area contributed by atoms with Crippen molar-refractivity contribution in [3.05, 3.63) is 22.3 Å². The highest BCUT2D eigenvalue weighted by Crippen LogP contribution is 2.26. The molecule has 0 aromatic carbocycles. The van der Waals surface area contributed by atoms with Crippen molar-refractivity contribution >= 4 is 15.9 Å². The van der Waals surface area contributed by atoms with Crippen LogP contribution in [0.1, 0.15) is 39.2 Å². The molecule has 2 nitrogen and oxygen atoms in total. The lowest BCUT2D eigenvalue weighted by atomic mass is 10.1. The van der Waals surface area contributed by atoms with Crippen LogP contribution in [0.3, 0.4) is 0 Å². The van der Waals surface area contributed by atoms with Gasteiger partial charge in [0.2, 0.25) is 5.88 Å². The van der Waals surface area contributed by atoms with E-state index >= 15 is 0 Å². The lowest BCUT2D eigenvalue weighted by Crippen LogP contribution is -2.27. The molecule has 1 aromatic rings. The van der Waals surface area contributed by atoms with E-state index in [0.717, 1.165) is 12.0 Å². The summed E-state index contributed by atoms with van der Waals surface area (Å²) >= 11 is 3.36. The van der Waals surface area contributed by atoms with Crippen LogP contribution in [0.4, 0.5) is 8.78 Å². The molecule has 3 unspecified atom stereocenters. The molecule has 0 fully saturated rings.